The van der Waals surface area contributed by atoms with E-state index in [4.69, 9.17) is 5.11 Å². The molecule has 2 fully saturated rings. The summed E-state index contributed by atoms with van der Waals surface area (Å²) in [5.41, 5.74) is -0.874. The van der Waals surface area contributed by atoms with E-state index in [1.165, 1.54) is 0 Å². The molecule has 0 saturated carbocycles. The van der Waals surface area contributed by atoms with Crippen LogP contribution in [0.5, 0.6) is 0 Å². The average molecular weight is 273 g/mol. The number of nitrogens with zero attached hydrogens (tertiary/aromatic N) is 2. The molecule has 0 unspecified atom stereocenters. The maximum Gasteiger partial charge on any atom is 0.325 e. The topological polar surface area (TPSA) is 72.9 Å². The van der Waals surface area contributed by atoms with Gasteiger partial charge in [0.05, 0.1) is 6.61 Å². The summed E-state index contributed by atoms with van der Waals surface area (Å²) in [6.07, 6.45) is -0.640. The summed E-state index contributed by atoms with van der Waals surface area (Å²) in [4.78, 5) is 26.6. The normalized spacial score (nSPS) is 31.1. The third-order valence-electron chi connectivity index (χ3n) is 3.74. The Hall–Kier alpha value is -1.21. The Balaban J connectivity index is 1.92. The molecule has 0 aliphatic carbocycles. The Morgan fingerprint density at radius 3 is 2.63 bits per heavy atom. The molecule has 0 aromatic rings. The fourth-order valence-corrected chi connectivity index (χ4v) is 2.64. The number of aliphatic hydroxyl groups is 1. The van der Waals surface area contributed by atoms with Crippen molar-refractivity contribution in [3.05, 3.63) is 0 Å². The van der Waals surface area contributed by atoms with E-state index < -0.39 is 17.7 Å². The second-order valence-corrected chi connectivity index (χ2v) is 5.68. The zero-order valence-electron chi connectivity index (χ0n) is 11.2. The fraction of sp³-hybridized carbons (Fsp3) is 0.833. The summed E-state index contributed by atoms with van der Waals surface area (Å²) >= 11 is 0. The van der Waals surface area contributed by atoms with Crippen LogP contribution in [0.1, 0.15) is 20.3 Å². The molecule has 2 aliphatic rings. The number of alkyl halides is 1. The summed E-state index contributed by atoms with van der Waals surface area (Å²) in [5, 5.41) is 11.8. The summed E-state index contributed by atoms with van der Waals surface area (Å²) in [6, 6.07) is -0.629. The van der Waals surface area contributed by atoms with Gasteiger partial charge in [-0.05, 0) is 20.3 Å². The van der Waals surface area contributed by atoms with E-state index in [2.05, 4.69) is 5.32 Å². The third-order valence-corrected chi connectivity index (χ3v) is 3.74. The summed E-state index contributed by atoms with van der Waals surface area (Å²) < 4.78 is 13.3. The fourth-order valence-electron chi connectivity index (χ4n) is 2.64. The number of aliphatic hydroxyl groups excluding tert-OH is 1. The second-order valence-electron chi connectivity index (χ2n) is 5.68. The van der Waals surface area contributed by atoms with Gasteiger partial charge in [0.25, 0.3) is 5.91 Å². The average Bonchev–Trinajstić information content (AvgIpc) is 2.76. The first-order valence-corrected chi connectivity index (χ1v) is 6.48. The van der Waals surface area contributed by atoms with Gasteiger partial charge in [0.15, 0.2) is 0 Å². The Labute approximate surface area is 111 Å². The number of amides is 3. The first kappa shape index (κ1) is 14.2. The molecule has 0 aromatic heterocycles. The molecule has 0 bridgehead atoms. The van der Waals surface area contributed by atoms with Crippen LogP contribution in [-0.2, 0) is 4.79 Å². The van der Waals surface area contributed by atoms with Crippen LogP contribution in [0.15, 0.2) is 0 Å². The molecule has 108 valence electrons. The standard InChI is InChI=1S/C12H20FN3O3/c1-12(2)10(18)16(11(19)14-12)4-3-15-6-8(13)5-9(15)7-17/h8-9,17H,3-7H2,1-2H3,(H,14,19)/t8-,9-/m0/s1. The molecular weight excluding hydrogens is 253 g/mol. The zero-order valence-corrected chi connectivity index (χ0v) is 11.2. The molecular formula is C12H20FN3O3. The number of hydrogen-bond acceptors (Lipinski definition) is 4. The van der Waals surface area contributed by atoms with E-state index in [0.29, 0.717) is 13.0 Å². The lowest BCUT2D eigenvalue weighted by atomic mass is 10.1. The number of hydrogen-bond donors (Lipinski definition) is 2. The van der Waals surface area contributed by atoms with E-state index in [1.807, 2.05) is 0 Å². The van der Waals surface area contributed by atoms with Crippen LogP contribution in [0.25, 0.3) is 0 Å². The van der Waals surface area contributed by atoms with E-state index in [0.717, 1.165) is 4.90 Å². The van der Waals surface area contributed by atoms with Crippen molar-refractivity contribution in [2.24, 2.45) is 0 Å². The van der Waals surface area contributed by atoms with Gasteiger partial charge in [-0.1, -0.05) is 0 Å². The number of rotatable bonds is 4. The molecule has 2 atom stereocenters. The van der Waals surface area contributed by atoms with Crippen LogP contribution in [0.4, 0.5) is 9.18 Å². The van der Waals surface area contributed by atoms with E-state index in [1.54, 1.807) is 18.7 Å². The van der Waals surface area contributed by atoms with Gasteiger partial charge in [-0.3, -0.25) is 14.6 Å². The molecule has 0 radical (unpaired) electrons. The molecule has 2 N–H and O–H groups in total. The number of carbonyl (C=O) groups excluding carboxylic acids is 2. The maximum absolute atomic E-state index is 13.3. The largest absolute Gasteiger partial charge is 0.395 e. The Kier molecular flexibility index (Phi) is 3.78. The predicted octanol–water partition coefficient (Wildman–Crippen LogP) is -0.279. The minimum atomic E-state index is -0.948. The lowest BCUT2D eigenvalue weighted by Crippen LogP contribution is -2.43. The van der Waals surface area contributed by atoms with E-state index >= 15 is 0 Å². The minimum absolute atomic E-state index is 0.105. The first-order valence-electron chi connectivity index (χ1n) is 6.48. The van der Waals surface area contributed by atoms with Gasteiger partial charge in [-0.2, -0.15) is 0 Å². The van der Waals surface area contributed by atoms with Gasteiger partial charge in [-0.15, -0.1) is 0 Å². The summed E-state index contributed by atoms with van der Waals surface area (Å²) in [6.45, 7) is 4.05. The highest BCUT2D eigenvalue weighted by molar-refractivity contribution is 6.06. The summed E-state index contributed by atoms with van der Waals surface area (Å²) in [7, 11) is 0. The lowest BCUT2D eigenvalue weighted by molar-refractivity contribution is -0.130. The molecule has 2 rings (SSSR count). The molecule has 2 heterocycles. The number of likely N-dealkylation sites (tertiary alicyclic amines) is 1. The van der Waals surface area contributed by atoms with Crippen LogP contribution in [0, 0.1) is 0 Å². The van der Waals surface area contributed by atoms with Gasteiger partial charge in [0.1, 0.15) is 11.7 Å². The molecule has 2 saturated heterocycles. The molecule has 2 aliphatic heterocycles. The second kappa shape index (κ2) is 5.05. The lowest BCUT2D eigenvalue weighted by Gasteiger charge is -2.24. The van der Waals surface area contributed by atoms with Gasteiger partial charge in [0.2, 0.25) is 0 Å². The highest BCUT2D eigenvalue weighted by Crippen LogP contribution is 2.21. The first-order chi connectivity index (χ1) is 8.85. The number of carbonyl (C=O) groups is 2. The van der Waals surface area contributed by atoms with Crippen LogP contribution >= 0.6 is 0 Å². The number of nitrogens with one attached hydrogen (secondary N) is 1. The third kappa shape index (κ3) is 2.71. The van der Waals surface area contributed by atoms with Crippen molar-refractivity contribution in [1.29, 1.82) is 0 Å². The smallest absolute Gasteiger partial charge is 0.325 e. The quantitative estimate of drug-likeness (QED) is 0.691. The van der Waals surface area contributed by atoms with Gasteiger partial charge >= 0.3 is 6.03 Å². The maximum atomic E-state index is 13.3. The van der Waals surface area contributed by atoms with Crippen LogP contribution < -0.4 is 5.32 Å². The van der Waals surface area contributed by atoms with Gasteiger partial charge in [-0.25, -0.2) is 9.18 Å². The van der Waals surface area contributed by atoms with Crippen molar-refractivity contribution in [3.63, 3.8) is 0 Å². The molecule has 0 spiro atoms. The molecule has 6 nitrogen and oxygen atoms in total. The summed E-state index contributed by atoms with van der Waals surface area (Å²) in [5.74, 6) is -0.269. The van der Waals surface area contributed by atoms with Crippen LogP contribution in [0.2, 0.25) is 0 Å². The SMILES string of the molecule is CC1(C)NC(=O)N(CCN2C[C@@H](F)C[C@H]2CO)C1=O. The molecule has 19 heavy (non-hydrogen) atoms. The highest BCUT2D eigenvalue weighted by atomic mass is 19.1. The molecule has 7 heteroatoms. The van der Waals surface area contributed by atoms with Crippen molar-refractivity contribution in [3.8, 4) is 0 Å². The Morgan fingerprint density at radius 2 is 2.11 bits per heavy atom. The molecule has 3 amide bonds. The zero-order chi connectivity index (χ0) is 14.2. The Bertz CT molecular complexity index is 388. The van der Waals surface area contributed by atoms with E-state index in [9.17, 15) is 14.0 Å². The number of halogens is 1. The number of imide groups is 1. The van der Waals surface area contributed by atoms with Crippen LogP contribution in [0.3, 0.4) is 0 Å². The predicted molar refractivity (Wildman–Crippen MR) is 66.3 cm³/mol. The monoisotopic (exact) mass is 273 g/mol. The Morgan fingerprint density at radius 1 is 1.42 bits per heavy atom. The van der Waals surface area contributed by atoms with Gasteiger partial charge < -0.3 is 10.4 Å². The van der Waals surface area contributed by atoms with Crippen molar-refractivity contribution in [2.75, 3.05) is 26.2 Å². The van der Waals surface area contributed by atoms with Crippen molar-refractivity contribution in [1.82, 2.24) is 15.1 Å². The van der Waals surface area contributed by atoms with E-state index in [-0.39, 0.29) is 31.6 Å². The van der Waals surface area contributed by atoms with Crippen molar-refractivity contribution >= 4 is 11.9 Å². The number of urea groups is 1. The van der Waals surface area contributed by atoms with Gasteiger partial charge in [0, 0.05) is 25.7 Å². The van der Waals surface area contributed by atoms with Crippen LogP contribution in [-0.4, -0.2) is 70.8 Å². The minimum Gasteiger partial charge on any atom is -0.395 e. The highest BCUT2D eigenvalue weighted by Gasteiger charge is 2.44. The van der Waals surface area contributed by atoms with Crippen molar-refractivity contribution in [2.45, 2.75) is 38.0 Å². The van der Waals surface area contributed by atoms with Crippen molar-refractivity contribution < 1.29 is 19.1 Å². The molecule has 0 aromatic carbocycles.